The van der Waals surface area contributed by atoms with Crippen LogP contribution in [0.15, 0.2) is 0 Å². The zero-order valence-electron chi connectivity index (χ0n) is 10.6. The van der Waals surface area contributed by atoms with Crippen molar-refractivity contribution in [3.05, 3.63) is 16.4 Å². The minimum Gasteiger partial charge on any atom is -0.308 e. The van der Waals surface area contributed by atoms with Crippen LogP contribution in [0.3, 0.4) is 0 Å². The Hall–Kier alpha value is -0.750. The molecule has 1 aromatic rings. The quantitative estimate of drug-likeness (QED) is 0.900. The summed E-state index contributed by atoms with van der Waals surface area (Å²) >= 11 is 6.08. The highest BCUT2D eigenvalue weighted by Crippen LogP contribution is 2.22. The second-order valence-corrected chi connectivity index (χ2v) is 4.90. The number of hydrogen-bond acceptors (Lipinski definition) is 2. The van der Waals surface area contributed by atoms with Gasteiger partial charge < -0.3 is 5.32 Å². The summed E-state index contributed by atoms with van der Waals surface area (Å²) in [6, 6.07) is 0. The van der Waals surface area contributed by atoms with Crippen molar-refractivity contribution in [3.8, 4) is 0 Å². The van der Waals surface area contributed by atoms with Crippen molar-refractivity contribution in [2.45, 2.75) is 26.4 Å². The molecule has 1 aromatic heterocycles. The fourth-order valence-electron chi connectivity index (χ4n) is 1.76. The molecule has 0 aromatic carbocycles. The summed E-state index contributed by atoms with van der Waals surface area (Å²) < 4.78 is 37.6. The van der Waals surface area contributed by atoms with Crippen LogP contribution in [0.25, 0.3) is 0 Å². The van der Waals surface area contributed by atoms with Gasteiger partial charge in [-0.1, -0.05) is 18.5 Å². The summed E-state index contributed by atoms with van der Waals surface area (Å²) in [5.74, 6) is 0.0552. The number of nitrogens with zero attached hydrogens (tertiary/aromatic N) is 2. The zero-order valence-corrected chi connectivity index (χ0v) is 11.4. The van der Waals surface area contributed by atoms with Crippen molar-refractivity contribution >= 4 is 11.6 Å². The maximum atomic E-state index is 12.0. The molecule has 0 saturated heterocycles. The second-order valence-electron chi connectivity index (χ2n) is 4.53. The third kappa shape index (κ3) is 4.49. The number of nitrogens with one attached hydrogen (secondary N) is 1. The molecule has 0 aliphatic heterocycles. The first-order chi connectivity index (χ1) is 8.20. The lowest BCUT2D eigenvalue weighted by molar-refractivity contribution is -0.125. The van der Waals surface area contributed by atoms with Crippen molar-refractivity contribution in [2.24, 2.45) is 13.0 Å². The Morgan fingerprint density at radius 2 is 2.06 bits per heavy atom. The van der Waals surface area contributed by atoms with Crippen molar-refractivity contribution in [1.82, 2.24) is 15.1 Å². The lowest BCUT2D eigenvalue weighted by Gasteiger charge is -2.14. The van der Waals surface area contributed by atoms with Crippen molar-refractivity contribution < 1.29 is 13.2 Å². The van der Waals surface area contributed by atoms with Gasteiger partial charge in [0.05, 0.1) is 23.0 Å². The molecule has 7 heteroatoms. The molecule has 0 amide bonds. The third-order valence-corrected chi connectivity index (χ3v) is 3.11. The lowest BCUT2D eigenvalue weighted by Crippen LogP contribution is -2.32. The van der Waals surface area contributed by atoms with E-state index >= 15 is 0 Å². The molecule has 3 nitrogen and oxygen atoms in total. The molecule has 0 spiro atoms. The first kappa shape index (κ1) is 15.3. The lowest BCUT2D eigenvalue weighted by atomic mass is 10.1. The fourth-order valence-corrected chi connectivity index (χ4v) is 2.00. The van der Waals surface area contributed by atoms with E-state index in [1.165, 1.54) is 0 Å². The highest BCUT2D eigenvalue weighted by molar-refractivity contribution is 6.31. The van der Waals surface area contributed by atoms with Gasteiger partial charge in [-0.3, -0.25) is 4.68 Å². The Kier molecular flexibility index (Phi) is 5.04. The summed E-state index contributed by atoms with van der Waals surface area (Å²) in [5, 5.41) is 7.16. The molecule has 0 bridgehead atoms. The number of alkyl halides is 3. The molecule has 0 aliphatic carbocycles. The predicted molar refractivity (Wildman–Crippen MR) is 64.7 cm³/mol. The normalized spacial score (nSPS) is 13.9. The van der Waals surface area contributed by atoms with Gasteiger partial charge in [-0.25, -0.2) is 0 Å². The van der Waals surface area contributed by atoms with Gasteiger partial charge in [-0.05, 0) is 25.8 Å². The van der Waals surface area contributed by atoms with Crippen molar-refractivity contribution in [3.63, 3.8) is 0 Å². The van der Waals surface area contributed by atoms with E-state index in [0.29, 0.717) is 18.0 Å². The molecule has 1 heterocycles. The topological polar surface area (TPSA) is 29.9 Å². The molecule has 0 saturated carbocycles. The summed E-state index contributed by atoms with van der Waals surface area (Å²) in [7, 11) is 1.78. The first-order valence-corrected chi connectivity index (χ1v) is 6.04. The molecule has 0 aliphatic rings. The molecule has 1 N–H and O–H groups in total. The molecule has 1 unspecified atom stereocenters. The average molecular weight is 284 g/mol. The van der Waals surface area contributed by atoms with Crippen LogP contribution in [-0.4, -0.2) is 29.0 Å². The molecule has 104 valence electrons. The predicted octanol–water partition coefficient (Wildman–Crippen LogP) is 2.71. The highest BCUT2D eigenvalue weighted by atomic mass is 35.5. The molecular formula is C11H17ClF3N3. The van der Waals surface area contributed by atoms with Crippen LogP contribution in [-0.2, 0) is 13.5 Å². The smallest absolute Gasteiger partial charge is 0.308 e. The minimum atomic E-state index is -4.17. The van der Waals surface area contributed by atoms with Crippen molar-refractivity contribution in [1.29, 1.82) is 0 Å². The number of aryl methyl sites for hydroxylation is 2. The SMILES string of the molecule is Cc1nn(C)c(CC(C)CNCC(F)(F)F)c1Cl. The monoisotopic (exact) mass is 283 g/mol. The maximum absolute atomic E-state index is 12.0. The highest BCUT2D eigenvalue weighted by Gasteiger charge is 2.26. The van der Waals surface area contributed by atoms with E-state index in [-0.39, 0.29) is 5.92 Å². The third-order valence-electron chi connectivity index (χ3n) is 2.62. The van der Waals surface area contributed by atoms with Crippen LogP contribution in [0.2, 0.25) is 5.02 Å². The Morgan fingerprint density at radius 3 is 2.50 bits per heavy atom. The van der Waals surface area contributed by atoms with E-state index in [9.17, 15) is 13.2 Å². The zero-order chi connectivity index (χ0) is 13.9. The van der Waals surface area contributed by atoms with E-state index in [2.05, 4.69) is 10.4 Å². The maximum Gasteiger partial charge on any atom is 0.401 e. The van der Waals surface area contributed by atoms with Crippen molar-refractivity contribution in [2.75, 3.05) is 13.1 Å². The van der Waals surface area contributed by atoms with Gasteiger partial charge in [-0.2, -0.15) is 18.3 Å². The van der Waals surface area contributed by atoms with E-state index < -0.39 is 12.7 Å². The minimum absolute atomic E-state index is 0.0552. The van der Waals surface area contributed by atoms with Crippen LogP contribution >= 0.6 is 11.6 Å². The standard InChI is InChI=1S/C11H17ClF3N3/c1-7(5-16-6-11(13,14)15)4-9-10(12)8(2)17-18(9)3/h7,16H,4-6H2,1-3H3. The fraction of sp³-hybridized carbons (Fsp3) is 0.727. The van der Waals surface area contributed by atoms with Gasteiger partial charge in [0.15, 0.2) is 0 Å². The van der Waals surface area contributed by atoms with Crippen LogP contribution < -0.4 is 5.32 Å². The number of hydrogen-bond donors (Lipinski definition) is 1. The van der Waals surface area contributed by atoms with Crippen LogP contribution in [0.4, 0.5) is 13.2 Å². The van der Waals surface area contributed by atoms with E-state index in [1.54, 1.807) is 18.7 Å². The molecular weight excluding hydrogens is 267 g/mol. The molecule has 0 fully saturated rings. The Labute approximate surface area is 109 Å². The number of rotatable bonds is 5. The van der Waals surface area contributed by atoms with Gasteiger partial charge in [0, 0.05) is 7.05 Å². The summed E-state index contributed by atoms with van der Waals surface area (Å²) in [4.78, 5) is 0. The molecule has 1 rings (SSSR count). The molecule has 1 atom stereocenters. The van der Waals surface area contributed by atoms with Crippen LogP contribution in [0, 0.1) is 12.8 Å². The summed E-state index contributed by atoms with van der Waals surface area (Å²) in [5.41, 5.74) is 1.60. The Balaban J connectivity index is 2.47. The Morgan fingerprint density at radius 1 is 1.44 bits per heavy atom. The van der Waals surface area contributed by atoms with E-state index in [0.717, 1.165) is 11.4 Å². The van der Waals surface area contributed by atoms with E-state index in [1.807, 2.05) is 6.92 Å². The second kappa shape index (κ2) is 5.93. The first-order valence-electron chi connectivity index (χ1n) is 5.66. The molecule has 18 heavy (non-hydrogen) atoms. The van der Waals surface area contributed by atoms with Gasteiger partial charge in [0.2, 0.25) is 0 Å². The van der Waals surface area contributed by atoms with Gasteiger partial charge in [-0.15, -0.1) is 0 Å². The van der Waals surface area contributed by atoms with E-state index in [4.69, 9.17) is 11.6 Å². The molecule has 0 radical (unpaired) electrons. The van der Waals surface area contributed by atoms with Crippen LogP contribution in [0.5, 0.6) is 0 Å². The van der Waals surface area contributed by atoms with Crippen LogP contribution in [0.1, 0.15) is 18.3 Å². The largest absolute Gasteiger partial charge is 0.401 e. The number of halogens is 4. The summed E-state index contributed by atoms with van der Waals surface area (Å²) in [6.07, 6.45) is -3.57. The van der Waals surface area contributed by atoms with Gasteiger partial charge >= 0.3 is 6.18 Å². The number of aromatic nitrogens is 2. The summed E-state index contributed by atoms with van der Waals surface area (Å²) in [6.45, 7) is 3.01. The Bertz CT molecular complexity index is 401. The van der Waals surface area contributed by atoms with Gasteiger partial charge in [0.1, 0.15) is 0 Å². The van der Waals surface area contributed by atoms with Gasteiger partial charge in [0.25, 0.3) is 0 Å². The average Bonchev–Trinajstić information content (AvgIpc) is 2.43.